The van der Waals surface area contributed by atoms with Gasteiger partial charge in [-0.3, -0.25) is 4.79 Å². The molecule has 1 heterocycles. The lowest BCUT2D eigenvalue weighted by molar-refractivity contribution is 0.101. The molecule has 0 radical (unpaired) electrons. The molecule has 1 aliphatic rings. The van der Waals surface area contributed by atoms with E-state index in [4.69, 9.17) is 22.1 Å². The first-order chi connectivity index (χ1) is 9.54. The van der Waals surface area contributed by atoms with Crippen molar-refractivity contribution in [2.75, 3.05) is 5.73 Å². The summed E-state index contributed by atoms with van der Waals surface area (Å²) in [5, 5.41) is 9.84. The van der Waals surface area contributed by atoms with Crippen molar-refractivity contribution in [3.05, 3.63) is 58.3 Å². The number of ether oxygens (including phenoxy) is 1. The monoisotopic (exact) mass is 287 g/mol. The minimum atomic E-state index is -0.228. The van der Waals surface area contributed by atoms with E-state index in [1.54, 1.807) is 24.3 Å². The molecule has 100 valence electrons. The number of rotatable bonds is 1. The molecule has 3 N–H and O–H groups in total. The molecular weight excluding hydrogens is 278 g/mol. The Morgan fingerprint density at radius 2 is 2.00 bits per heavy atom. The lowest BCUT2D eigenvalue weighted by atomic mass is 10.1. The zero-order valence-electron chi connectivity index (χ0n) is 10.3. The molecule has 0 bridgehead atoms. The Morgan fingerprint density at radius 1 is 1.20 bits per heavy atom. The first kappa shape index (κ1) is 12.6. The summed E-state index contributed by atoms with van der Waals surface area (Å²) in [5.41, 5.74) is 7.29. The maximum atomic E-state index is 12.1. The zero-order chi connectivity index (χ0) is 14.3. The number of anilines is 1. The summed E-state index contributed by atoms with van der Waals surface area (Å²) in [6.45, 7) is 0. The van der Waals surface area contributed by atoms with Gasteiger partial charge in [-0.25, -0.2) is 0 Å². The first-order valence-corrected chi connectivity index (χ1v) is 6.25. The van der Waals surface area contributed by atoms with Crippen LogP contribution in [0, 0.1) is 0 Å². The summed E-state index contributed by atoms with van der Waals surface area (Å²) >= 11 is 5.84. The number of carbonyl (C=O) groups is 1. The zero-order valence-corrected chi connectivity index (χ0v) is 11.0. The molecule has 5 heteroatoms. The maximum absolute atomic E-state index is 12.1. The highest BCUT2D eigenvalue weighted by atomic mass is 35.5. The van der Waals surface area contributed by atoms with Crippen molar-refractivity contribution in [3.63, 3.8) is 0 Å². The highest BCUT2D eigenvalue weighted by Gasteiger charge is 2.27. The van der Waals surface area contributed by atoms with Gasteiger partial charge in [-0.2, -0.15) is 0 Å². The minimum Gasteiger partial charge on any atom is -0.508 e. The number of fused-ring (bicyclic) bond motifs is 1. The number of hydrogen-bond acceptors (Lipinski definition) is 4. The molecule has 20 heavy (non-hydrogen) atoms. The van der Waals surface area contributed by atoms with E-state index in [0.29, 0.717) is 27.6 Å². The number of hydrogen-bond donors (Lipinski definition) is 2. The molecule has 4 nitrogen and oxygen atoms in total. The molecule has 0 spiro atoms. The first-order valence-electron chi connectivity index (χ1n) is 5.87. The number of nitrogens with two attached hydrogens (primary N) is 1. The Kier molecular flexibility index (Phi) is 2.88. The third-order valence-electron chi connectivity index (χ3n) is 2.97. The summed E-state index contributed by atoms with van der Waals surface area (Å²) < 4.78 is 5.45. The van der Waals surface area contributed by atoms with E-state index in [1.165, 1.54) is 18.2 Å². The fourth-order valence-electron chi connectivity index (χ4n) is 1.98. The van der Waals surface area contributed by atoms with Gasteiger partial charge in [0.25, 0.3) is 0 Å². The number of ketones is 1. The van der Waals surface area contributed by atoms with Gasteiger partial charge in [0.05, 0.1) is 16.3 Å². The number of benzene rings is 2. The van der Waals surface area contributed by atoms with Crippen LogP contribution in [0.2, 0.25) is 5.02 Å². The molecular formula is C15H10ClNO3. The molecule has 2 aromatic carbocycles. The lowest BCUT2D eigenvalue weighted by Crippen LogP contribution is -1.98. The third-order valence-corrected chi connectivity index (χ3v) is 3.32. The second-order valence-corrected chi connectivity index (χ2v) is 4.81. The van der Waals surface area contributed by atoms with E-state index in [1.807, 2.05) is 0 Å². The Hall–Kier alpha value is -2.46. The molecule has 0 amide bonds. The highest BCUT2D eigenvalue weighted by Crippen LogP contribution is 2.34. The van der Waals surface area contributed by atoms with Crippen LogP contribution in [0.4, 0.5) is 5.69 Å². The fraction of sp³-hybridized carbons (Fsp3) is 0. The van der Waals surface area contributed by atoms with Crippen LogP contribution >= 0.6 is 11.6 Å². The van der Waals surface area contributed by atoms with E-state index >= 15 is 0 Å². The number of halogens is 1. The highest BCUT2D eigenvalue weighted by molar-refractivity contribution is 6.33. The number of phenols is 1. The second-order valence-electron chi connectivity index (χ2n) is 4.40. The Labute approximate surface area is 120 Å². The van der Waals surface area contributed by atoms with E-state index in [9.17, 15) is 9.90 Å². The van der Waals surface area contributed by atoms with Crippen molar-refractivity contribution >= 4 is 29.1 Å². The van der Waals surface area contributed by atoms with Gasteiger partial charge in [0, 0.05) is 6.07 Å². The van der Waals surface area contributed by atoms with E-state index < -0.39 is 0 Å². The number of nitrogen functional groups attached to an aromatic ring is 1. The van der Waals surface area contributed by atoms with Gasteiger partial charge in [-0.1, -0.05) is 17.7 Å². The molecule has 0 fully saturated rings. The average molecular weight is 288 g/mol. The van der Waals surface area contributed by atoms with Crippen molar-refractivity contribution in [1.82, 2.24) is 0 Å². The van der Waals surface area contributed by atoms with Crippen LogP contribution in [0.15, 0.2) is 42.2 Å². The van der Waals surface area contributed by atoms with Crippen LogP contribution < -0.4 is 10.5 Å². The van der Waals surface area contributed by atoms with E-state index in [2.05, 4.69) is 0 Å². The van der Waals surface area contributed by atoms with Crippen LogP contribution in [0.1, 0.15) is 15.9 Å². The molecule has 0 saturated carbocycles. The summed E-state index contributed by atoms with van der Waals surface area (Å²) in [5.74, 6) is 0.359. The summed E-state index contributed by atoms with van der Waals surface area (Å²) in [4.78, 5) is 12.1. The Morgan fingerprint density at radius 3 is 2.75 bits per heavy atom. The van der Waals surface area contributed by atoms with Crippen molar-refractivity contribution < 1.29 is 14.6 Å². The third kappa shape index (κ3) is 2.10. The SMILES string of the molecule is Nc1cc(C=C2Oc3cc(O)ccc3C2=O)ccc1Cl. The van der Waals surface area contributed by atoms with Gasteiger partial charge < -0.3 is 15.6 Å². The van der Waals surface area contributed by atoms with Gasteiger partial charge in [0.2, 0.25) is 5.78 Å². The number of allylic oxidation sites excluding steroid dienone is 1. The number of phenolic OH excluding ortho intramolecular Hbond substituents is 1. The van der Waals surface area contributed by atoms with Crippen molar-refractivity contribution in [2.24, 2.45) is 0 Å². The summed E-state index contributed by atoms with van der Waals surface area (Å²) in [6, 6.07) is 9.44. The predicted molar refractivity (Wildman–Crippen MR) is 76.9 cm³/mol. The molecule has 2 aromatic rings. The number of aromatic hydroxyl groups is 1. The fourth-order valence-corrected chi connectivity index (χ4v) is 2.10. The maximum Gasteiger partial charge on any atom is 0.231 e. The largest absolute Gasteiger partial charge is 0.508 e. The molecule has 0 unspecified atom stereocenters. The van der Waals surface area contributed by atoms with Crippen molar-refractivity contribution in [3.8, 4) is 11.5 Å². The smallest absolute Gasteiger partial charge is 0.231 e. The average Bonchev–Trinajstić information content (AvgIpc) is 2.70. The van der Waals surface area contributed by atoms with Gasteiger partial charge in [0.1, 0.15) is 11.5 Å². The van der Waals surface area contributed by atoms with Crippen LogP contribution in [0.3, 0.4) is 0 Å². The predicted octanol–water partition coefficient (Wildman–Crippen LogP) is 3.24. The Bertz CT molecular complexity index is 753. The topological polar surface area (TPSA) is 72.6 Å². The van der Waals surface area contributed by atoms with Gasteiger partial charge in [0.15, 0.2) is 5.76 Å². The molecule has 0 atom stereocenters. The number of carbonyl (C=O) groups excluding carboxylic acids is 1. The number of Topliss-reactive ketones (excluding diaryl/α,β-unsaturated/α-hetero) is 1. The lowest BCUT2D eigenvalue weighted by Gasteiger charge is -2.01. The standard InChI is InChI=1S/C15H10ClNO3/c16-11-4-1-8(5-12(11)17)6-14-15(19)10-3-2-9(18)7-13(10)20-14/h1-7,18H,17H2. The quantitative estimate of drug-likeness (QED) is 0.624. The van der Waals surface area contributed by atoms with E-state index in [-0.39, 0.29) is 17.3 Å². The Balaban J connectivity index is 1.99. The summed E-state index contributed by atoms with van der Waals surface area (Å²) in [7, 11) is 0. The van der Waals surface area contributed by atoms with Crippen LogP contribution in [0.25, 0.3) is 6.08 Å². The summed E-state index contributed by atoms with van der Waals surface area (Å²) in [6.07, 6.45) is 1.59. The van der Waals surface area contributed by atoms with Gasteiger partial charge in [-0.05, 0) is 35.9 Å². The van der Waals surface area contributed by atoms with Gasteiger partial charge in [-0.15, -0.1) is 0 Å². The molecule has 0 aromatic heterocycles. The van der Waals surface area contributed by atoms with Crippen molar-refractivity contribution in [1.29, 1.82) is 0 Å². The van der Waals surface area contributed by atoms with Crippen LogP contribution in [0.5, 0.6) is 11.5 Å². The molecule has 0 saturated heterocycles. The molecule has 0 aliphatic carbocycles. The normalized spacial score (nSPS) is 15.2. The minimum absolute atomic E-state index is 0.0496. The van der Waals surface area contributed by atoms with Crippen LogP contribution in [-0.2, 0) is 0 Å². The molecule has 1 aliphatic heterocycles. The van der Waals surface area contributed by atoms with Crippen molar-refractivity contribution in [2.45, 2.75) is 0 Å². The molecule has 3 rings (SSSR count). The van der Waals surface area contributed by atoms with E-state index in [0.717, 1.165) is 0 Å². The van der Waals surface area contributed by atoms with Gasteiger partial charge >= 0.3 is 0 Å². The second kappa shape index (κ2) is 4.58. The van der Waals surface area contributed by atoms with Crippen LogP contribution in [-0.4, -0.2) is 10.9 Å².